The summed E-state index contributed by atoms with van der Waals surface area (Å²) in [5, 5.41) is 0. The fraction of sp³-hybridized carbons (Fsp3) is 0.0769. The van der Waals surface area contributed by atoms with E-state index in [4.69, 9.17) is 0 Å². The zero-order valence-electron chi connectivity index (χ0n) is 8.55. The van der Waals surface area contributed by atoms with Gasteiger partial charge in [0.1, 0.15) is 0 Å². The molecule has 0 heterocycles. The van der Waals surface area contributed by atoms with Gasteiger partial charge in [0.05, 0.1) is 5.56 Å². The Labute approximate surface area is 111 Å². The second-order valence-electron chi connectivity index (χ2n) is 3.47. The second-order valence-corrected chi connectivity index (χ2v) is 4.63. The Morgan fingerprint density at radius 1 is 1.00 bits per heavy atom. The van der Waals surface area contributed by atoms with Gasteiger partial charge in [-0.1, -0.05) is 24.3 Å². The van der Waals surface area contributed by atoms with Gasteiger partial charge in [-0.15, -0.1) is 0 Å². The normalized spacial score (nSPS) is 11.5. The molecule has 0 aliphatic carbocycles. The first-order chi connectivity index (χ1) is 7.98. The molecule has 0 saturated carbocycles. The van der Waals surface area contributed by atoms with Crippen LogP contribution in [-0.2, 0) is 6.18 Å². The molecule has 0 aromatic heterocycles. The lowest BCUT2D eigenvalue weighted by Gasteiger charge is -2.12. The number of halogens is 4. The maximum atomic E-state index is 12.8. The van der Waals surface area contributed by atoms with Crippen LogP contribution in [0, 0.1) is 9.64 Å². The summed E-state index contributed by atoms with van der Waals surface area (Å²) in [4.78, 5) is 0. The minimum absolute atomic E-state index is 0.188. The molecule has 0 spiro atoms. The van der Waals surface area contributed by atoms with Crippen molar-refractivity contribution in [3.63, 3.8) is 0 Å². The Kier molecular flexibility index (Phi) is 3.42. The van der Waals surface area contributed by atoms with E-state index < -0.39 is 11.7 Å². The van der Waals surface area contributed by atoms with Gasteiger partial charge in [0.2, 0.25) is 0 Å². The van der Waals surface area contributed by atoms with Crippen molar-refractivity contribution in [3.8, 4) is 11.1 Å². The van der Waals surface area contributed by atoms with Crippen LogP contribution in [0.1, 0.15) is 5.56 Å². The van der Waals surface area contributed by atoms with E-state index in [2.05, 4.69) is 28.7 Å². The van der Waals surface area contributed by atoms with Crippen LogP contribution in [0.3, 0.4) is 0 Å². The van der Waals surface area contributed by atoms with Crippen molar-refractivity contribution in [3.05, 3.63) is 57.7 Å². The van der Waals surface area contributed by atoms with Gasteiger partial charge < -0.3 is 0 Å². The molecular formula is C13H7F3I. The largest absolute Gasteiger partial charge is 0.417 e. The SMILES string of the molecule is FC(F)(F)c1ccccc1-c1c[c]c(I)cc1. The molecule has 2 rings (SSSR count). The molecule has 2 aromatic carbocycles. The summed E-state index contributed by atoms with van der Waals surface area (Å²) in [7, 11) is 0. The maximum Gasteiger partial charge on any atom is 0.417 e. The average molecular weight is 347 g/mol. The van der Waals surface area contributed by atoms with Crippen LogP contribution < -0.4 is 0 Å². The molecule has 0 aliphatic rings. The molecule has 0 aliphatic heterocycles. The van der Waals surface area contributed by atoms with Crippen molar-refractivity contribution in [2.45, 2.75) is 6.18 Å². The molecule has 1 radical (unpaired) electrons. The van der Waals surface area contributed by atoms with Gasteiger partial charge in [-0.25, -0.2) is 0 Å². The lowest BCUT2D eigenvalue weighted by Crippen LogP contribution is -2.06. The van der Waals surface area contributed by atoms with Gasteiger partial charge in [-0.2, -0.15) is 13.2 Å². The Hall–Kier alpha value is -1.04. The zero-order chi connectivity index (χ0) is 12.5. The quantitative estimate of drug-likeness (QED) is 0.652. The van der Waals surface area contributed by atoms with Gasteiger partial charge >= 0.3 is 6.18 Å². The summed E-state index contributed by atoms with van der Waals surface area (Å²) in [6.07, 6.45) is -4.33. The standard InChI is InChI=1S/C13H7F3I/c14-13(15,16)12-4-2-1-3-11(12)9-5-7-10(17)8-6-9/h1-7H. The van der Waals surface area contributed by atoms with Gasteiger partial charge in [0.25, 0.3) is 0 Å². The average Bonchev–Trinajstić information content (AvgIpc) is 2.29. The Bertz CT molecular complexity index is 515. The molecule has 0 atom stereocenters. The number of hydrogen-bond acceptors (Lipinski definition) is 0. The number of rotatable bonds is 1. The molecule has 0 nitrogen and oxygen atoms in total. The predicted molar refractivity (Wildman–Crippen MR) is 68.4 cm³/mol. The third-order valence-corrected chi connectivity index (χ3v) is 2.99. The van der Waals surface area contributed by atoms with Gasteiger partial charge in [-0.05, 0) is 58.0 Å². The van der Waals surface area contributed by atoms with Crippen LogP contribution in [-0.4, -0.2) is 0 Å². The highest BCUT2D eigenvalue weighted by Crippen LogP contribution is 2.36. The van der Waals surface area contributed by atoms with Crippen LogP contribution in [0.2, 0.25) is 0 Å². The van der Waals surface area contributed by atoms with E-state index in [-0.39, 0.29) is 5.56 Å². The second kappa shape index (κ2) is 4.68. The number of hydrogen-bond donors (Lipinski definition) is 0. The van der Waals surface area contributed by atoms with Crippen LogP contribution in [0.4, 0.5) is 13.2 Å². The van der Waals surface area contributed by atoms with Crippen molar-refractivity contribution in [1.29, 1.82) is 0 Å². The molecule has 0 bridgehead atoms. The molecular weight excluding hydrogens is 340 g/mol. The van der Waals surface area contributed by atoms with E-state index >= 15 is 0 Å². The first kappa shape index (κ1) is 12.4. The molecule has 2 aromatic rings. The minimum Gasteiger partial charge on any atom is -0.166 e. The Morgan fingerprint density at radius 3 is 2.29 bits per heavy atom. The number of benzene rings is 2. The third-order valence-electron chi connectivity index (χ3n) is 2.32. The summed E-state index contributed by atoms with van der Waals surface area (Å²) in [6, 6.07) is 13.4. The van der Waals surface area contributed by atoms with E-state index in [1.807, 2.05) is 0 Å². The first-order valence-electron chi connectivity index (χ1n) is 4.82. The summed E-state index contributed by atoms with van der Waals surface area (Å²) < 4.78 is 39.3. The molecule has 0 unspecified atom stereocenters. The van der Waals surface area contributed by atoms with E-state index in [0.717, 1.165) is 9.64 Å². The van der Waals surface area contributed by atoms with Crippen molar-refractivity contribution in [2.75, 3.05) is 0 Å². The number of alkyl halides is 3. The molecule has 0 amide bonds. The molecule has 0 saturated heterocycles. The zero-order valence-corrected chi connectivity index (χ0v) is 10.7. The smallest absolute Gasteiger partial charge is 0.166 e. The Morgan fingerprint density at radius 2 is 1.71 bits per heavy atom. The highest BCUT2D eigenvalue weighted by molar-refractivity contribution is 14.1. The molecule has 0 N–H and O–H groups in total. The lowest BCUT2D eigenvalue weighted by molar-refractivity contribution is -0.137. The van der Waals surface area contributed by atoms with Gasteiger partial charge in [-0.3, -0.25) is 0 Å². The molecule has 87 valence electrons. The summed E-state index contributed by atoms with van der Waals surface area (Å²) in [6.45, 7) is 0. The van der Waals surface area contributed by atoms with Crippen LogP contribution in [0.15, 0.2) is 42.5 Å². The van der Waals surface area contributed by atoms with E-state index in [0.29, 0.717) is 5.56 Å². The molecule has 4 heteroatoms. The van der Waals surface area contributed by atoms with Gasteiger partial charge in [0.15, 0.2) is 0 Å². The maximum absolute atomic E-state index is 12.8. The van der Waals surface area contributed by atoms with Crippen molar-refractivity contribution >= 4 is 22.6 Å². The van der Waals surface area contributed by atoms with Crippen LogP contribution in [0.25, 0.3) is 11.1 Å². The Balaban J connectivity index is 2.56. The van der Waals surface area contributed by atoms with Crippen LogP contribution >= 0.6 is 22.6 Å². The van der Waals surface area contributed by atoms with E-state index in [1.165, 1.54) is 12.1 Å². The van der Waals surface area contributed by atoms with Crippen molar-refractivity contribution in [2.24, 2.45) is 0 Å². The topological polar surface area (TPSA) is 0 Å². The fourth-order valence-electron chi connectivity index (χ4n) is 1.56. The summed E-state index contributed by atoms with van der Waals surface area (Å²) in [5.41, 5.74) is 0.0978. The van der Waals surface area contributed by atoms with E-state index in [1.54, 1.807) is 24.3 Å². The minimum atomic E-state index is -4.33. The summed E-state index contributed by atoms with van der Waals surface area (Å²) >= 11 is 2.06. The van der Waals surface area contributed by atoms with Gasteiger partial charge in [0, 0.05) is 3.57 Å². The fourth-order valence-corrected chi connectivity index (χ4v) is 1.89. The van der Waals surface area contributed by atoms with E-state index in [9.17, 15) is 13.2 Å². The molecule has 0 fully saturated rings. The van der Waals surface area contributed by atoms with Crippen LogP contribution in [0.5, 0.6) is 0 Å². The lowest BCUT2D eigenvalue weighted by atomic mass is 9.99. The highest BCUT2D eigenvalue weighted by Gasteiger charge is 2.33. The summed E-state index contributed by atoms with van der Waals surface area (Å²) in [5.74, 6) is 0. The monoisotopic (exact) mass is 347 g/mol. The third kappa shape index (κ3) is 2.80. The van der Waals surface area contributed by atoms with Crippen molar-refractivity contribution < 1.29 is 13.2 Å². The predicted octanol–water partition coefficient (Wildman–Crippen LogP) is 4.78. The first-order valence-corrected chi connectivity index (χ1v) is 5.90. The van der Waals surface area contributed by atoms with Crippen molar-refractivity contribution in [1.82, 2.24) is 0 Å². The molecule has 17 heavy (non-hydrogen) atoms. The highest BCUT2D eigenvalue weighted by atomic mass is 127.